The van der Waals surface area contributed by atoms with E-state index >= 15 is 0 Å². The highest BCUT2D eigenvalue weighted by molar-refractivity contribution is 9.09. The zero-order valence-electron chi connectivity index (χ0n) is 8.50. The summed E-state index contributed by atoms with van der Waals surface area (Å²) in [6.07, 6.45) is 1.55. The molecule has 1 fully saturated rings. The van der Waals surface area contributed by atoms with Gasteiger partial charge in [-0.2, -0.15) is 0 Å². The average molecular weight is 275 g/mol. The van der Waals surface area contributed by atoms with Crippen LogP contribution >= 0.6 is 27.3 Å². The molecule has 1 aromatic heterocycles. The van der Waals surface area contributed by atoms with Crippen molar-refractivity contribution in [3.05, 3.63) is 21.9 Å². The summed E-state index contributed by atoms with van der Waals surface area (Å²) < 4.78 is 5.75. The third-order valence-electron chi connectivity index (χ3n) is 2.77. The molecule has 2 rings (SSSR count). The summed E-state index contributed by atoms with van der Waals surface area (Å²) >= 11 is 5.61. The van der Waals surface area contributed by atoms with Gasteiger partial charge < -0.3 is 4.74 Å². The van der Waals surface area contributed by atoms with Crippen molar-refractivity contribution in [3.63, 3.8) is 0 Å². The molecular weight excluding hydrogens is 260 g/mol. The molecule has 1 nitrogen and oxygen atoms in total. The molecule has 0 N–H and O–H groups in total. The van der Waals surface area contributed by atoms with Crippen LogP contribution in [-0.4, -0.2) is 12.7 Å². The van der Waals surface area contributed by atoms with E-state index in [9.17, 15) is 0 Å². The minimum absolute atomic E-state index is 0.355. The smallest absolute Gasteiger partial charge is 0.0775 e. The van der Waals surface area contributed by atoms with Crippen LogP contribution in [0.2, 0.25) is 0 Å². The van der Waals surface area contributed by atoms with E-state index in [1.54, 1.807) is 0 Å². The summed E-state index contributed by atoms with van der Waals surface area (Å²) in [6, 6.07) is 4.38. The third kappa shape index (κ3) is 2.05. The molecule has 0 aromatic carbocycles. The van der Waals surface area contributed by atoms with Crippen LogP contribution in [0.5, 0.6) is 0 Å². The maximum Gasteiger partial charge on any atom is 0.0775 e. The van der Waals surface area contributed by atoms with Gasteiger partial charge in [0.1, 0.15) is 0 Å². The Kier molecular flexibility index (Phi) is 3.30. The fourth-order valence-electron chi connectivity index (χ4n) is 1.86. The Morgan fingerprint density at radius 1 is 1.57 bits per heavy atom. The average Bonchev–Trinajstić information content (AvgIpc) is 2.73. The molecule has 0 saturated carbocycles. The van der Waals surface area contributed by atoms with E-state index in [1.807, 2.05) is 11.3 Å². The zero-order chi connectivity index (χ0) is 10.1. The van der Waals surface area contributed by atoms with Gasteiger partial charge >= 0.3 is 0 Å². The van der Waals surface area contributed by atoms with E-state index in [2.05, 4.69) is 41.9 Å². The van der Waals surface area contributed by atoms with Crippen LogP contribution in [0.15, 0.2) is 12.1 Å². The minimum atomic E-state index is 0.355. The van der Waals surface area contributed by atoms with E-state index in [4.69, 9.17) is 4.74 Å². The number of ether oxygens (including phenoxy) is 1. The van der Waals surface area contributed by atoms with Crippen LogP contribution in [0, 0.1) is 12.8 Å². The molecule has 3 unspecified atom stereocenters. The lowest BCUT2D eigenvalue weighted by molar-refractivity contribution is 0.0941. The maximum absolute atomic E-state index is 5.75. The molecule has 0 spiro atoms. The van der Waals surface area contributed by atoms with Crippen LogP contribution in [0.3, 0.4) is 0 Å². The molecule has 0 amide bonds. The van der Waals surface area contributed by atoms with Gasteiger partial charge in [-0.25, -0.2) is 0 Å². The Bertz CT molecular complexity index is 310. The summed E-state index contributed by atoms with van der Waals surface area (Å²) in [7, 11) is 0. The molecule has 1 aromatic rings. The number of thiophene rings is 1. The first-order chi connectivity index (χ1) is 6.68. The second-order valence-corrected chi connectivity index (χ2v) is 6.26. The van der Waals surface area contributed by atoms with Crippen LogP contribution in [-0.2, 0) is 4.74 Å². The van der Waals surface area contributed by atoms with Gasteiger partial charge in [-0.15, -0.1) is 11.3 Å². The standard InChI is InChI=1S/C11H15BrOS/c1-7-5-6-13-11(7)10(12)9-4-3-8(2)14-9/h3-4,7,10-11H,5-6H2,1-2H3. The van der Waals surface area contributed by atoms with Gasteiger partial charge in [0.15, 0.2) is 0 Å². The zero-order valence-corrected chi connectivity index (χ0v) is 10.9. The Labute approximate surface area is 97.6 Å². The van der Waals surface area contributed by atoms with Crippen molar-refractivity contribution in [3.8, 4) is 0 Å². The van der Waals surface area contributed by atoms with E-state index < -0.39 is 0 Å². The Morgan fingerprint density at radius 3 is 2.86 bits per heavy atom. The first-order valence-electron chi connectivity index (χ1n) is 5.00. The molecule has 0 radical (unpaired) electrons. The Balaban J connectivity index is 2.11. The molecule has 78 valence electrons. The van der Waals surface area contributed by atoms with Gasteiger partial charge in [-0.05, 0) is 31.4 Å². The Morgan fingerprint density at radius 2 is 2.36 bits per heavy atom. The molecule has 0 aliphatic carbocycles. The van der Waals surface area contributed by atoms with Crippen molar-refractivity contribution in [2.45, 2.75) is 31.2 Å². The monoisotopic (exact) mass is 274 g/mol. The SMILES string of the molecule is Cc1ccc(C(Br)C2OCCC2C)s1. The number of hydrogen-bond acceptors (Lipinski definition) is 2. The number of hydrogen-bond donors (Lipinski definition) is 0. The first-order valence-corrected chi connectivity index (χ1v) is 6.73. The van der Waals surface area contributed by atoms with Crippen molar-refractivity contribution in [1.29, 1.82) is 0 Å². The largest absolute Gasteiger partial charge is 0.376 e. The highest BCUT2D eigenvalue weighted by Crippen LogP contribution is 2.39. The normalized spacial score (nSPS) is 29.4. The lowest BCUT2D eigenvalue weighted by Gasteiger charge is -2.19. The molecule has 0 bridgehead atoms. The lowest BCUT2D eigenvalue weighted by atomic mass is 10.0. The topological polar surface area (TPSA) is 9.23 Å². The van der Waals surface area contributed by atoms with Gasteiger partial charge in [0.25, 0.3) is 0 Å². The quantitative estimate of drug-likeness (QED) is 0.743. The van der Waals surface area contributed by atoms with Crippen molar-refractivity contribution < 1.29 is 4.74 Å². The predicted octanol–water partition coefficient (Wildman–Crippen LogP) is 3.92. The minimum Gasteiger partial charge on any atom is -0.376 e. The van der Waals surface area contributed by atoms with Gasteiger partial charge in [0.05, 0.1) is 10.9 Å². The fraction of sp³-hybridized carbons (Fsp3) is 0.636. The van der Waals surface area contributed by atoms with Crippen LogP contribution in [0.25, 0.3) is 0 Å². The maximum atomic E-state index is 5.75. The summed E-state index contributed by atoms with van der Waals surface area (Å²) in [5.74, 6) is 0.668. The van der Waals surface area contributed by atoms with E-state index in [1.165, 1.54) is 16.2 Å². The molecule has 2 heterocycles. The van der Waals surface area contributed by atoms with Gasteiger partial charge in [-0.1, -0.05) is 22.9 Å². The summed E-state index contributed by atoms with van der Waals surface area (Å²) in [4.78, 5) is 3.13. The summed E-state index contributed by atoms with van der Waals surface area (Å²) in [6.45, 7) is 5.33. The van der Waals surface area contributed by atoms with Crippen molar-refractivity contribution in [1.82, 2.24) is 0 Å². The van der Waals surface area contributed by atoms with Crippen LogP contribution in [0.1, 0.15) is 27.9 Å². The van der Waals surface area contributed by atoms with Crippen molar-refractivity contribution in [2.24, 2.45) is 5.92 Å². The number of halogens is 1. The number of rotatable bonds is 2. The van der Waals surface area contributed by atoms with Gasteiger partial charge in [0.2, 0.25) is 0 Å². The van der Waals surface area contributed by atoms with E-state index in [-0.39, 0.29) is 0 Å². The second kappa shape index (κ2) is 4.33. The highest BCUT2D eigenvalue weighted by Gasteiger charge is 2.31. The van der Waals surface area contributed by atoms with Crippen LogP contribution in [0.4, 0.5) is 0 Å². The Hall–Kier alpha value is 0.140. The van der Waals surface area contributed by atoms with Crippen molar-refractivity contribution in [2.75, 3.05) is 6.61 Å². The van der Waals surface area contributed by atoms with E-state index in [0.29, 0.717) is 16.8 Å². The summed E-state index contributed by atoms with van der Waals surface area (Å²) in [5, 5.41) is 0. The molecule has 14 heavy (non-hydrogen) atoms. The third-order valence-corrected chi connectivity index (χ3v) is 5.17. The first kappa shape index (κ1) is 10.7. The molecule has 3 atom stereocenters. The molecule has 1 aliphatic rings. The highest BCUT2D eigenvalue weighted by atomic mass is 79.9. The fourth-order valence-corrected chi connectivity index (χ4v) is 3.85. The molecular formula is C11H15BrOS. The second-order valence-electron chi connectivity index (χ2n) is 3.95. The molecule has 3 heteroatoms. The molecule has 1 saturated heterocycles. The lowest BCUT2D eigenvalue weighted by Crippen LogP contribution is -2.18. The number of alkyl halides is 1. The van der Waals surface area contributed by atoms with Crippen molar-refractivity contribution >= 4 is 27.3 Å². The molecule has 1 aliphatic heterocycles. The predicted molar refractivity (Wildman–Crippen MR) is 64.2 cm³/mol. The van der Waals surface area contributed by atoms with Crippen LogP contribution < -0.4 is 0 Å². The number of aryl methyl sites for hydroxylation is 1. The van der Waals surface area contributed by atoms with Gasteiger partial charge in [-0.3, -0.25) is 0 Å². The summed E-state index contributed by atoms with van der Waals surface area (Å²) in [5.41, 5.74) is 0. The van der Waals surface area contributed by atoms with Gasteiger partial charge in [0, 0.05) is 16.4 Å². The van der Waals surface area contributed by atoms with E-state index in [0.717, 1.165) is 6.61 Å².